The molecule has 1 atom stereocenters. The standard InChI is InChI=1S/C13H29N3O/c1-4-5-7-10-16(3)11-8-6-9-13(2,15)12(14)17/h4-11,15H2,1-3H3,(H2,14,17). The Kier molecular flexibility index (Phi) is 8.17. The van der Waals surface area contributed by atoms with Gasteiger partial charge >= 0.3 is 0 Å². The number of nitrogens with two attached hydrogens (primary N) is 2. The van der Waals surface area contributed by atoms with Gasteiger partial charge in [-0.25, -0.2) is 0 Å². The summed E-state index contributed by atoms with van der Waals surface area (Å²) in [6.45, 7) is 6.15. The number of primary amides is 1. The summed E-state index contributed by atoms with van der Waals surface area (Å²) in [6.07, 6.45) is 6.52. The highest BCUT2D eigenvalue weighted by Gasteiger charge is 2.24. The fourth-order valence-electron chi connectivity index (χ4n) is 1.74. The first kappa shape index (κ1) is 16.4. The van der Waals surface area contributed by atoms with Gasteiger partial charge in [-0.2, -0.15) is 0 Å². The lowest BCUT2D eigenvalue weighted by molar-refractivity contribution is -0.122. The lowest BCUT2D eigenvalue weighted by Crippen LogP contribution is -2.49. The van der Waals surface area contributed by atoms with E-state index in [1.54, 1.807) is 6.92 Å². The van der Waals surface area contributed by atoms with Crippen LogP contribution in [0.3, 0.4) is 0 Å². The summed E-state index contributed by atoms with van der Waals surface area (Å²) >= 11 is 0. The molecular weight excluding hydrogens is 214 g/mol. The molecule has 0 aliphatic heterocycles. The minimum absolute atomic E-state index is 0.409. The number of rotatable bonds is 10. The minimum atomic E-state index is -0.846. The highest BCUT2D eigenvalue weighted by molar-refractivity contribution is 5.83. The maximum Gasteiger partial charge on any atom is 0.237 e. The topological polar surface area (TPSA) is 72.3 Å². The first-order valence-corrected chi connectivity index (χ1v) is 6.67. The predicted octanol–water partition coefficient (Wildman–Crippen LogP) is 1.48. The van der Waals surface area contributed by atoms with Crippen LogP contribution in [0.25, 0.3) is 0 Å². The Balaban J connectivity index is 3.54. The predicted molar refractivity (Wildman–Crippen MR) is 72.7 cm³/mol. The van der Waals surface area contributed by atoms with Gasteiger partial charge in [0.2, 0.25) is 5.91 Å². The van der Waals surface area contributed by atoms with Crippen LogP contribution in [0, 0.1) is 0 Å². The average Bonchev–Trinajstić information content (AvgIpc) is 2.24. The first-order valence-electron chi connectivity index (χ1n) is 6.67. The van der Waals surface area contributed by atoms with E-state index < -0.39 is 11.4 Å². The van der Waals surface area contributed by atoms with Crippen LogP contribution >= 0.6 is 0 Å². The fourth-order valence-corrected chi connectivity index (χ4v) is 1.74. The van der Waals surface area contributed by atoms with E-state index in [1.807, 2.05) is 0 Å². The highest BCUT2D eigenvalue weighted by atomic mass is 16.1. The number of carbonyl (C=O) groups is 1. The Labute approximate surface area is 106 Å². The molecule has 0 aromatic carbocycles. The minimum Gasteiger partial charge on any atom is -0.368 e. The summed E-state index contributed by atoms with van der Waals surface area (Å²) in [5, 5.41) is 0. The molecule has 0 saturated carbocycles. The van der Waals surface area contributed by atoms with Gasteiger partial charge in [0.15, 0.2) is 0 Å². The molecule has 0 aliphatic rings. The van der Waals surface area contributed by atoms with Crippen molar-refractivity contribution in [1.82, 2.24) is 4.90 Å². The molecule has 17 heavy (non-hydrogen) atoms. The molecule has 0 bridgehead atoms. The van der Waals surface area contributed by atoms with E-state index in [4.69, 9.17) is 11.5 Å². The van der Waals surface area contributed by atoms with Crippen LogP contribution < -0.4 is 11.5 Å². The van der Waals surface area contributed by atoms with Crippen molar-refractivity contribution in [3.05, 3.63) is 0 Å². The zero-order valence-corrected chi connectivity index (χ0v) is 11.7. The molecule has 0 radical (unpaired) electrons. The zero-order valence-electron chi connectivity index (χ0n) is 11.7. The van der Waals surface area contributed by atoms with Crippen LogP contribution in [-0.4, -0.2) is 36.5 Å². The molecule has 0 fully saturated rings. The number of unbranched alkanes of at least 4 members (excludes halogenated alkanes) is 3. The Morgan fingerprint density at radius 1 is 1.18 bits per heavy atom. The molecule has 0 spiro atoms. The molecule has 0 aromatic rings. The third kappa shape index (κ3) is 8.16. The van der Waals surface area contributed by atoms with E-state index in [1.165, 1.54) is 19.3 Å². The maximum atomic E-state index is 11.0. The van der Waals surface area contributed by atoms with Crippen molar-refractivity contribution in [2.24, 2.45) is 11.5 Å². The van der Waals surface area contributed by atoms with Crippen LogP contribution in [-0.2, 0) is 4.79 Å². The molecular formula is C13H29N3O. The number of amides is 1. The molecule has 0 aliphatic carbocycles. The van der Waals surface area contributed by atoms with Crippen LogP contribution in [0.15, 0.2) is 0 Å². The Hall–Kier alpha value is -0.610. The van der Waals surface area contributed by atoms with Gasteiger partial charge in [0, 0.05) is 0 Å². The summed E-state index contributed by atoms with van der Waals surface area (Å²) in [5.74, 6) is -0.409. The van der Waals surface area contributed by atoms with Gasteiger partial charge in [0.1, 0.15) is 0 Å². The lowest BCUT2D eigenvalue weighted by Gasteiger charge is -2.21. The molecule has 4 heteroatoms. The zero-order chi connectivity index (χ0) is 13.3. The summed E-state index contributed by atoms with van der Waals surface area (Å²) in [7, 11) is 2.14. The van der Waals surface area contributed by atoms with Crippen molar-refractivity contribution in [3.63, 3.8) is 0 Å². The monoisotopic (exact) mass is 243 g/mol. The van der Waals surface area contributed by atoms with Gasteiger partial charge in [-0.05, 0) is 52.7 Å². The van der Waals surface area contributed by atoms with Crippen molar-refractivity contribution in [3.8, 4) is 0 Å². The molecule has 0 heterocycles. The average molecular weight is 243 g/mol. The molecule has 0 aromatic heterocycles. The number of nitrogens with zero attached hydrogens (tertiary/aromatic N) is 1. The smallest absolute Gasteiger partial charge is 0.237 e. The number of carbonyl (C=O) groups excluding carboxylic acids is 1. The van der Waals surface area contributed by atoms with Crippen molar-refractivity contribution in [2.75, 3.05) is 20.1 Å². The van der Waals surface area contributed by atoms with Crippen LogP contribution in [0.1, 0.15) is 52.4 Å². The van der Waals surface area contributed by atoms with E-state index in [0.717, 1.165) is 25.9 Å². The third-order valence-corrected chi connectivity index (χ3v) is 3.19. The second kappa shape index (κ2) is 8.48. The van der Waals surface area contributed by atoms with E-state index in [9.17, 15) is 4.79 Å². The van der Waals surface area contributed by atoms with E-state index in [-0.39, 0.29) is 0 Å². The van der Waals surface area contributed by atoms with Gasteiger partial charge in [-0.1, -0.05) is 19.8 Å². The molecule has 4 nitrogen and oxygen atoms in total. The largest absolute Gasteiger partial charge is 0.368 e. The van der Waals surface area contributed by atoms with Crippen LogP contribution in [0.5, 0.6) is 0 Å². The Morgan fingerprint density at radius 2 is 1.71 bits per heavy atom. The molecule has 0 saturated heterocycles. The summed E-state index contributed by atoms with van der Waals surface area (Å²) in [6, 6.07) is 0. The molecule has 0 rings (SSSR count). The normalized spacial score (nSPS) is 14.9. The van der Waals surface area contributed by atoms with Gasteiger partial charge in [0.25, 0.3) is 0 Å². The van der Waals surface area contributed by atoms with Crippen LogP contribution in [0.4, 0.5) is 0 Å². The summed E-state index contributed by atoms with van der Waals surface area (Å²) in [5.41, 5.74) is 10.2. The lowest BCUT2D eigenvalue weighted by atomic mass is 9.95. The van der Waals surface area contributed by atoms with Gasteiger partial charge in [-0.3, -0.25) is 4.79 Å². The fraction of sp³-hybridized carbons (Fsp3) is 0.923. The van der Waals surface area contributed by atoms with Crippen molar-refractivity contribution in [2.45, 2.75) is 57.9 Å². The molecule has 1 amide bonds. The first-order chi connectivity index (χ1) is 7.90. The summed E-state index contributed by atoms with van der Waals surface area (Å²) < 4.78 is 0. The van der Waals surface area contributed by atoms with Gasteiger partial charge in [0.05, 0.1) is 5.54 Å². The van der Waals surface area contributed by atoms with Crippen molar-refractivity contribution >= 4 is 5.91 Å². The third-order valence-electron chi connectivity index (χ3n) is 3.19. The Morgan fingerprint density at radius 3 is 2.18 bits per heavy atom. The van der Waals surface area contributed by atoms with Crippen molar-refractivity contribution < 1.29 is 4.79 Å². The van der Waals surface area contributed by atoms with E-state index in [0.29, 0.717) is 6.42 Å². The van der Waals surface area contributed by atoms with Crippen LogP contribution in [0.2, 0.25) is 0 Å². The van der Waals surface area contributed by atoms with Crippen molar-refractivity contribution in [1.29, 1.82) is 0 Å². The maximum absolute atomic E-state index is 11.0. The second-order valence-electron chi connectivity index (χ2n) is 5.25. The van der Waals surface area contributed by atoms with Gasteiger partial charge < -0.3 is 16.4 Å². The van der Waals surface area contributed by atoms with E-state index >= 15 is 0 Å². The SMILES string of the molecule is CCCCCN(C)CCCCC(C)(N)C(N)=O. The second-order valence-corrected chi connectivity index (χ2v) is 5.25. The summed E-state index contributed by atoms with van der Waals surface area (Å²) in [4.78, 5) is 13.4. The molecule has 102 valence electrons. The van der Waals surface area contributed by atoms with E-state index in [2.05, 4.69) is 18.9 Å². The quantitative estimate of drug-likeness (QED) is 0.571. The molecule has 4 N–H and O–H groups in total. The highest BCUT2D eigenvalue weighted by Crippen LogP contribution is 2.10. The number of hydrogen-bond acceptors (Lipinski definition) is 3. The number of hydrogen-bond donors (Lipinski definition) is 2. The molecule has 1 unspecified atom stereocenters. The van der Waals surface area contributed by atoms with Gasteiger partial charge in [-0.15, -0.1) is 0 Å². The Bertz CT molecular complexity index is 217.